The first-order chi connectivity index (χ1) is 10.7. The molecule has 0 saturated carbocycles. The fourth-order valence-electron chi connectivity index (χ4n) is 2.04. The summed E-state index contributed by atoms with van der Waals surface area (Å²) in [7, 11) is 0. The van der Waals surface area contributed by atoms with Gasteiger partial charge in [-0.1, -0.05) is 27.5 Å². The molecular formula is C17H18BrClN2O2. The van der Waals surface area contributed by atoms with E-state index in [1.54, 1.807) is 38.1 Å². The molecule has 0 saturated heterocycles. The number of nitrogens with two attached hydrogens (primary N) is 1. The van der Waals surface area contributed by atoms with Crippen LogP contribution >= 0.6 is 27.5 Å². The molecule has 0 bridgehead atoms. The minimum absolute atomic E-state index is 0.296. The Balaban J connectivity index is 2.17. The lowest BCUT2D eigenvalue weighted by Gasteiger charge is -2.26. The zero-order valence-electron chi connectivity index (χ0n) is 13.1. The number of carbonyl (C=O) groups is 1. The number of hydrogen-bond acceptors (Lipinski definition) is 3. The molecule has 0 radical (unpaired) electrons. The molecule has 2 aromatic carbocycles. The van der Waals surface area contributed by atoms with Crippen molar-refractivity contribution in [2.24, 2.45) is 0 Å². The highest BCUT2D eigenvalue weighted by Gasteiger charge is 2.30. The Labute approximate surface area is 149 Å². The van der Waals surface area contributed by atoms with E-state index >= 15 is 0 Å². The summed E-state index contributed by atoms with van der Waals surface area (Å²) >= 11 is 9.53. The van der Waals surface area contributed by atoms with Gasteiger partial charge in [-0.25, -0.2) is 0 Å². The number of carbonyl (C=O) groups excluding carboxylic acids is 1. The molecule has 2 aromatic rings. The second-order valence-electron chi connectivity index (χ2n) is 5.72. The average Bonchev–Trinajstić information content (AvgIpc) is 2.44. The van der Waals surface area contributed by atoms with Crippen molar-refractivity contribution in [3.8, 4) is 5.75 Å². The number of hydrogen-bond donors (Lipinski definition) is 2. The standard InChI is InChI=1S/C17H18BrClN2O2/c1-10-8-12(20)9-14(19)15(10)21-16(22)17(2,3)23-13-6-4-11(18)5-7-13/h4-9H,20H2,1-3H3,(H,21,22). The lowest BCUT2D eigenvalue weighted by atomic mass is 10.1. The van der Waals surface area contributed by atoms with Gasteiger partial charge in [0.1, 0.15) is 5.75 Å². The summed E-state index contributed by atoms with van der Waals surface area (Å²) in [6.07, 6.45) is 0. The highest BCUT2D eigenvalue weighted by Crippen LogP contribution is 2.30. The molecule has 0 aliphatic carbocycles. The molecule has 0 heterocycles. The second-order valence-corrected chi connectivity index (χ2v) is 7.04. The van der Waals surface area contributed by atoms with Crippen molar-refractivity contribution in [1.29, 1.82) is 0 Å². The minimum atomic E-state index is -1.06. The van der Waals surface area contributed by atoms with Crippen molar-refractivity contribution < 1.29 is 9.53 Å². The molecule has 3 N–H and O–H groups in total. The maximum atomic E-state index is 12.6. The van der Waals surface area contributed by atoms with Crippen LogP contribution in [0.15, 0.2) is 40.9 Å². The molecule has 0 unspecified atom stereocenters. The highest BCUT2D eigenvalue weighted by atomic mass is 79.9. The van der Waals surface area contributed by atoms with Gasteiger partial charge >= 0.3 is 0 Å². The molecule has 1 amide bonds. The Morgan fingerprint density at radius 2 is 1.87 bits per heavy atom. The van der Waals surface area contributed by atoms with Crippen LogP contribution in [0.4, 0.5) is 11.4 Å². The number of aryl methyl sites for hydroxylation is 1. The lowest BCUT2D eigenvalue weighted by Crippen LogP contribution is -2.42. The topological polar surface area (TPSA) is 64.3 Å². The van der Waals surface area contributed by atoms with Gasteiger partial charge in [0.15, 0.2) is 5.60 Å². The molecule has 0 spiro atoms. The van der Waals surface area contributed by atoms with Crippen LogP contribution in [0.25, 0.3) is 0 Å². The fourth-order valence-corrected chi connectivity index (χ4v) is 2.62. The Kier molecular flexibility index (Phi) is 5.22. The van der Waals surface area contributed by atoms with E-state index in [9.17, 15) is 4.79 Å². The van der Waals surface area contributed by atoms with Crippen LogP contribution in [0.5, 0.6) is 5.75 Å². The molecule has 0 aromatic heterocycles. The van der Waals surface area contributed by atoms with Crippen LogP contribution < -0.4 is 15.8 Å². The molecule has 0 aliphatic rings. The zero-order valence-corrected chi connectivity index (χ0v) is 15.5. The third-order valence-electron chi connectivity index (χ3n) is 3.28. The number of ether oxygens (including phenoxy) is 1. The first kappa shape index (κ1) is 17.6. The van der Waals surface area contributed by atoms with E-state index in [2.05, 4.69) is 21.2 Å². The van der Waals surface area contributed by atoms with Gasteiger partial charge in [0.25, 0.3) is 5.91 Å². The van der Waals surface area contributed by atoms with Gasteiger partial charge in [0, 0.05) is 10.2 Å². The van der Waals surface area contributed by atoms with Crippen LogP contribution in [0.2, 0.25) is 5.02 Å². The van der Waals surface area contributed by atoms with Gasteiger partial charge in [-0.3, -0.25) is 4.79 Å². The third-order valence-corrected chi connectivity index (χ3v) is 4.11. The molecule has 6 heteroatoms. The SMILES string of the molecule is Cc1cc(N)cc(Cl)c1NC(=O)C(C)(C)Oc1ccc(Br)cc1. The van der Waals surface area contributed by atoms with Crippen LogP contribution in [0.1, 0.15) is 19.4 Å². The first-order valence-electron chi connectivity index (χ1n) is 7.01. The summed E-state index contributed by atoms with van der Waals surface area (Å²) in [6, 6.07) is 10.6. The van der Waals surface area contributed by atoms with Crippen LogP contribution in [-0.4, -0.2) is 11.5 Å². The summed E-state index contributed by atoms with van der Waals surface area (Å²) in [6.45, 7) is 5.23. The van der Waals surface area contributed by atoms with E-state index < -0.39 is 5.60 Å². The van der Waals surface area contributed by atoms with E-state index in [0.717, 1.165) is 10.0 Å². The van der Waals surface area contributed by atoms with E-state index in [-0.39, 0.29) is 5.91 Å². The number of rotatable bonds is 4. The lowest BCUT2D eigenvalue weighted by molar-refractivity contribution is -0.128. The van der Waals surface area contributed by atoms with Crippen molar-refractivity contribution in [2.75, 3.05) is 11.1 Å². The summed E-state index contributed by atoms with van der Waals surface area (Å²) in [5.41, 5.74) is 6.56. The van der Waals surface area contributed by atoms with E-state index in [4.69, 9.17) is 22.1 Å². The van der Waals surface area contributed by atoms with Gasteiger partial charge in [-0.2, -0.15) is 0 Å². The number of halogens is 2. The largest absolute Gasteiger partial charge is 0.478 e. The highest BCUT2D eigenvalue weighted by molar-refractivity contribution is 9.10. The van der Waals surface area contributed by atoms with Crippen molar-refractivity contribution in [2.45, 2.75) is 26.4 Å². The molecule has 2 rings (SSSR count). The summed E-state index contributed by atoms with van der Waals surface area (Å²) in [4.78, 5) is 12.6. The van der Waals surface area contributed by atoms with Crippen molar-refractivity contribution in [3.05, 3.63) is 51.5 Å². The van der Waals surface area contributed by atoms with Crippen LogP contribution in [-0.2, 0) is 4.79 Å². The Morgan fingerprint density at radius 3 is 2.43 bits per heavy atom. The average molecular weight is 398 g/mol. The maximum Gasteiger partial charge on any atom is 0.268 e. The number of nitrogens with one attached hydrogen (secondary N) is 1. The molecule has 0 atom stereocenters. The quantitative estimate of drug-likeness (QED) is 0.729. The number of nitrogen functional groups attached to an aromatic ring is 1. The molecule has 4 nitrogen and oxygen atoms in total. The number of benzene rings is 2. The summed E-state index contributed by atoms with van der Waals surface area (Å²) in [5.74, 6) is 0.309. The Bertz CT molecular complexity index is 707. The Hall–Kier alpha value is -1.72. The van der Waals surface area contributed by atoms with Crippen molar-refractivity contribution in [3.63, 3.8) is 0 Å². The summed E-state index contributed by atoms with van der Waals surface area (Å²) in [5, 5.41) is 3.22. The number of amides is 1. The fraction of sp³-hybridized carbons (Fsp3) is 0.235. The van der Waals surface area contributed by atoms with Crippen LogP contribution in [0.3, 0.4) is 0 Å². The Morgan fingerprint density at radius 1 is 1.26 bits per heavy atom. The normalized spacial score (nSPS) is 11.2. The van der Waals surface area contributed by atoms with E-state index in [1.165, 1.54) is 0 Å². The van der Waals surface area contributed by atoms with E-state index in [0.29, 0.717) is 22.1 Å². The minimum Gasteiger partial charge on any atom is -0.478 e. The van der Waals surface area contributed by atoms with E-state index in [1.807, 2.05) is 19.1 Å². The molecule has 0 aliphatic heterocycles. The third kappa shape index (κ3) is 4.39. The summed E-state index contributed by atoms with van der Waals surface area (Å²) < 4.78 is 6.73. The number of anilines is 2. The smallest absolute Gasteiger partial charge is 0.268 e. The maximum absolute atomic E-state index is 12.6. The molecular weight excluding hydrogens is 380 g/mol. The zero-order chi connectivity index (χ0) is 17.2. The van der Waals surface area contributed by atoms with Gasteiger partial charge < -0.3 is 15.8 Å². The van der Waals surface area contributed by atoms with Crippen LogP contribution in [0, 0.1) is 6.92 Å². The first-order valence-corrected chi connectivity index (χ1v) is 8.18. The van der Waals surface area contributed by atoms with Gasteiger partial charge in [-0.15, -0.1) is 0 Å². The van der Waals surface area contributed by atoms with Gasteiger partial charge in [-0.05, 0) is 62.7 Å². The molecule has 122 valence electrons. The predicted octanol–water partition coefficient (Wildman–Crippen LogP) is 4.79. The van der Waals surface area contributed by atoms with Gasteiger partial charge in [0.05, 0.1) is 10.7 Å². The van der Waals surface area contributed by atoms with Crippen molar-refractivity contribution >= 4 is 44.8 Å². The predicted molar refractivity (Wildman–Crippen MR) is 98.1 cm³/mol. The molecule has 0 fully saturated rings. The second kappa shape index (κ2) is 6.81. The molecule has 23 heavy (non-hydrogen) atoms. The van der Waals surface area contributed by atoms with Gasteiger partial charge in [0.2, 0.25) is 0 Å². The monoisotopic (exact) mass is 396 g/mol. The van der Waals surface area contributed by atoms with Crippen molar-refractivity contribution in [1.82, 2.24) is 0 Å².